The molecule has 1 aromatic carbocycles. The van der Waals surface area contributed by atoms with E-state index in [1.165, 1.54) is 0 Å². The summed E-state index contributed by atoms with van der Waals surface area (Å²) in [6, 6.07) is 9.91. The summed E-state index contributed by atoms with van der Waals surface area (Å²) in [4.78, 5) is 0. The van der Waals surface area contributed by atoms with Gasteiger partial charge in [0.2, 0.25) is 0 Å². The summed E-state index contributed by atoms with van der Waals surface area (Å²) >= 11 is 0. The van der Waals surface area contributed by atoms with Crippen molar-refractivity contribution in [2.75, 3.05) is 0 Å². The van der Waals surface area contributed by atoms with Crippen LogP contribution in [0.1, 0.15) is 11.3 Å². The first kappa shape index (κ1) is 10.7. The van der Waals surface area contributed by atoms with Gasteiger partial charge >= 0.3 is 0 Å². The van der Waals surface area contributed by atoms with Crippen LogP contribution in [-0.4, -0.2) is 5.11 Å². The summed E-state index contributed by atoms with van der Waals surface area (Å²) < 4.78 is 5.45. The van der Waals surface area contributed by atoms with E-state index in [1.807, 2.05) is 30.3 Å². The lowest BCUT2D eigenvalue weighted by Gasteiger charge is -2.01. The van der Waals surface area contributed by atoms with Crippen molar-refractivity contribution in [2.45, 2.75) is 13.0 Å². The molecule has 0 spiro atoms. The van der Waals surface area contributed by atoms with E-state index in [9.17, 15) is 5.11 Å². The van der Waals surface area contributed by atoms with Crippen LogP contribution in [0.15, 0.2) is 53.7 Å². The Labute approximate surface area is 94.8 Å². The van der Waals surface area contributed by atoms with Gasteiger partial charge in [0.1, 0.15) is 5.76 Å². The molecule has 1 heterocycles. The quantitative estimate of drug-likeness (QED) is 0.793. The number of aliphatic hydroxyl groups excluding tert-OH is 1. The standard InChI is InChI=1S/C14H14O2/c1-2-6-14-12(9-15)13(10-16-14)11-7-4-3-5-8-11/h2-5,7-8,10,15H,1,6,9H2. The molecule has 0 saturated heterocycles. The molecule has 2 aromatic rings. The molecule has 2 rings (SSSR count). The molecule has 0 amide bonds. The zero-order valence-corrected chi connectivity index (χ0v) is 9.02. The maximum absolute atomic E-state index is 9.38. The van der Waals surface area contributed by atoms with Crippen LogP contribution in [0.4, 0.5) is 0 Å². The fraction of sp³-hybridized carbons (Fsp3) is 0.143. The number of aliphatic hydroxyl groups is 1. The van der Waals surface area contributed by atoms with Crippen molar-refractivity contribution in [2.24, 2.45) is 0 Å². The van der Waals surface area contributed by atoms with Crippen LogP contribution in [-0.2, 0) is 13.0 Å². The molecule has 0 aliphatic carbocycles. The predicted molar refractivity (Wildman–Crippen MR) is 64.0 cm³/mol. The maximum atomic E-state index is 9.38. The van der Waals surface area contributed by atoms with E-state index in [0.29, 0.717) is 6.42 Å². The Morgan fingerprint density at radius 1 is 1.25 bits per heavy atom. The molecule has 0 fully saturated rings. The second kappa shape index (κ2) is 4.81. The fourth-order valence-corrected chi connectivity index (χ4v) is 1.76. The van der Waals surface area contributed by atoms with Gasteiger partial charge in [-0.3, -0.25) is 0 Å². The van der Waals surface area contributed by atoms with Crippen molar-refractivity contribution in [3.05, 3.63) is 60.6 Å². The van der Waals surface area contributed by atoms with Gasteiger partial charge in [-0.1, -0.05) is 36.4 Å². The first-order valence-electron chi connectivity index (χ1n) is 5.23. The zero-order valence-electron chi connectivity index (χ0n) is 9.02. The second-order valence-electron chi connectivity index (χ2n) is 3.57. The van der Waals surface area contributed by atoms with Gasteiger partial charge in [-0.25, -0.2) is 0 Å². The van der Waals surface area contributed by atoms with Gasteiger partial charge in [0.25, 0.3) is 0 Å². The number of hydrogen-bond donors (Lipinski definition) is 1. The zero-order chi connectivity index (χ0) is 11.4. The number of hydrogen-bond acceptors (Lipinski definition) is 2. The highest BCUT2D eigenvalue weighted by molar-refractivity contribution is 5.67. The molecule has 1 N–H and O–H groups in total. The minimum absolute atomic E-state index is 0.0100. The lowest BCUT2D eigenvalue weighted by atomic mass is 10.0. The third kappa shape index (κ3) is 1.92. The number of rotatable bonds is 4. The van der Waals surface area contributed by atoms with Crippen LogP contribution in [0, 0.1) is 0 Å². The molecular weight excluding hydrogens is 200 g/mol. The van der Waals surface area contributed by atoms with Crippen LogP contribution in [0.2, 0.25) is 0 Å². The normalized spacial score (nSPS) is 10.3. The summed E-state index contributed by atoms with van der Waals surface area (Å²) in [7, 11) is 0. The Kier molecular flexibility index (Phi) is 3.22. The highest BCUT2D eigenvalue weighted by Crippen LogP contribution is 2.28. The highest BCUT2D eigenvalue weighted by Gasteiger charge is 2.12. The van der Waals surface area contributed by atoms with Gasteiger partial charge in [-0.05, 0) is 5.56 Å². The number of allylic oxidation sites excluding steroid dienone is 1. The second-order valence-corrected chi connectivity index (χ2v) is 3.57. The molecule has 2 heteroatoms. The average Bonchev–Trinajstić information content (AvgIpc) is 2.73. The van der Waals surface area contributed by atoms with Crippen LogP contribution >= 0.6 is 0 Å². The van der Waals surface area contributed by atoms with Crippen LogP contribution in [0.5, 0.6) is 0 Å². The molecule has 0 radical (unpaired) electrons. The molecule has 1 aromatic heterocycles. The summed E-state index contributed by atoms with van der Waals surface area (Å²) in [5, 5.41) is 9.38. The minimum Gasteiger partial charge on any atom is -0.468 e. The maximum Gasteiger partial charge on any atom is 0.113 e. The van der Waals surface area contributed by atoms with Gasteiger partial charge < -0.3 is 9.52 Å². The summed E-state index contributed by atoms with van der Waals surface area (Å²) in [6.07, 6.45) is 4.11. The third-order valence-corrected chi connectivity index (χ3v) is 2.55. The van der Waals surface area contributed by atoms with Crippen LogP contribution in [0.25, 0.3) is 11.1 Å². The minimum atomic E-state index is -0.0100. The monoisotopic (exact) mass is 214 g/mol. The molecule has 16 heavy (non-hydrogen) atoms. The van der Waals surface area contributed by atoms with Crippen molar-refractivity contribution in [1.82, 2.24) is 0 Å². The molecule has 0 aliphatic heterocycles. The number of furan rings is 1. The third-order valence-electron chi connectivity index (χ3n) is 2.55. The van der Waals surface area contributed by atoms with Gasteiger partial charge in [0.05, 0.1) is 12.9 Å². The lowest BCUT2D eigenvalue weighted by molar-refractivity contribution is 0.279. The fourth-order valence-electron chi connectivity index (χ4n) is 1.76. The molecule has 0 bridgehead atoms. The van der Waals surface area contributed by atoms with Gasteiger partial charge in [-0.2, -0.15) is 0 Å². The Hall–Kier alpha value is -1.80. The summed E-state index contributed by atoms with van der Waals surface area (Å²) in [5.74, 6) is 0.788. The molecule has 82 valence electrons. The Bertz CT molecular complexity index is 469. The lowest BCUT2D eigenvalue weighted by Crippen LogP contribution is -1.90. The topological polar surface area (TPSA) is 33.4 Å². The van der Waals surface area contributed by atoms with E-state index in [1.54, 1.807) is 12.3 Å². The predicted octanol–water partition coefficient (Wildman–Crippen LogP) is 3.17. The summed E-state index contributed by atoms with van der Waals surface area (Å²) in [6.45, 7) is 3.66. The van der Waals surface area contributed by atoms with E-state index in [4.69, 9.17) is 4.42 Å². The Morgan fingerprint density at radius 3 is 2.62 bits per heavy atom. The highest BCUT2D eigenvalue weighted by atomic mass is 16.3. The van der Waals surface area contributed by atoms with Crippen molar-refractivity contribution in [3.63, 3.8) is 0 Å². The van der Waals surface area contributed by atoms with Crippen LogP contribution in [0.3, 0.4) is 0 Å². The Balaban J connectivity index is 2.45. The van der Waals surface area contributed by atoms with Crippen molar-refractivity contribution in [1.29, 1.82) is 0 Å². The molecular formula is C14H14O2. The molecule has 0 atom stereocenters. The van der Waals surface area contributed by atoms with E-state index < -0.39 is 0 Å². The van der Waals surface area contributed by atoms with E-state index >= 15 is 0 Å². The average molecular weight is 214 g/mol. The number of benzene rings is 1. The van der Waals surface area contributed by atoms with Gasteiger partial charge in [0, 0.05) is 17.5 Å². The SMILES string of the molecule is C=CCc1occ(-c2ccccc2)c1CO. The van der Waals surface area contributed by atoms with E-state index in [0.717, 1.165) is 22.5 Å². The van der Waals surface area contributed by atoms with Crippen LogP contribution < -0.4 is 0 Å². The molecule has 0 aliphatic rings. The van der Waals surface area contributed by atoms with Crippen molar-refractivity contribution in [3.8, 4) is 11.1 Å². The van der Waals surface area contributed by atoms with E-state index in [-0.39, 0.29) is 6.61 Å². The Morgan fingerprint density at radius 2 is 2.00 bits per heavy atom. The molecule has 2 nitrogen and oxygen atoms in total. The smallest absolute Gasteiger partial charge is 0.113 e. The largest absolute Gasteiger partial charge is 0.468 e. The van der Waals surface area contributed by atoms with Gasteiger partial charge in [-0.15, -0.1) is 6.58 Å². The van der Waals surface area contributed by atoms with Gasteiger partial charge in [0.15, 0.2) is 0 Å². The van der Waals surface area contributed by atoms with Crippen molar-refractivity contribution < 1.29 is 9.52 Å². The first-order valence-corrected chi connectivity index (χ1v) is 5.23. The van der Waals surface area contributed by atoms with E-state index in [2.05, 4.69) is 6.58 Å². The summed E-state index contributed by atoms with van der Waals surface area (Å²) in [5.41, 5.74) is 2.87. The van der Waals surface area contributed by atoms with Crippen molar-refractivity contribution >= 4 is 0 Å². The molecule has 0 saturated carbocycles. The first-order chi connectivity index (χ1) is 7.86. The molecule has 0 unspecified atom stereocenters.